The van der Waals surface area contributed by atoms with E-state index in [1.165, 1.54) is 0 Å². The molecule has 23 heavy (non-hydrogen) atoms. The number of nitrogens with one attached hydrogen (secondary N) is 1. The molecule has 122 valence electrons. The summed E-state index contributed by atoms with van der Waals surface area (Å²) in [5.74, 6) is 1.49. The first-order chi connectivity index (χ1) is 11.1. The van der Waals surface area contributed by atoms with Crippen molar-refractivity contribution in [3.05, 3.63) is 41.1 Å². The molecule has 1 aliphatic rings. The predicted molar refractivity (Wildman–Crippen MR) is 89.3 cm³/mol. The van der Waals surface area contributed by atoms with Crippen LogP contribution < -0.4 is 20.1 Å². The molecule has 1 fully saturated rings. The van der Waals surface area contributed by atoms with E-state index in [2.05, 4.69) is 24.8 Å². The first-order valence-electron chi connectivity index (χ1n) is 7.79. The SMILES string of the molecule is CC(C)Oc1cc(N2CCN(c3ccc(=O)[nH]c3)CC2)ncn1. The summed E-state index contributed by atoms with van der Waals surface area (Å²) in [4.78, 5) is 26.8. The third-order valence-electron chi connectivity index (χ3n) is 3.72. The van der Waals surface area contributed by atoms with Crippen molar-refractivity contribution >= 4 is 11.5 Å². The third-order valence-corrected chi connectivity index (χ3v) is 3.72. The first-order valence-corrected chi connectivity index (χ1v) is 7.79. The summed E-state index contributed by atoms with van der Waals surface area (Å²) in [6, 6.07) is 5.30. The quantitative estimate of drug-likeness (QED) is 0.916. The smallest absolute Gasteiger partial charge is 0.248 e. The first kappa shape index (κ1) is 15.3. The van der Waals surface area contributed by atoms with E-state index in [9.17, 15) is 4.79 Å². The lowest BCUT2D eigenvalue weighted by molar-refractivity contribution is 0.232. The molecule has 0 amide bonds. The Hall–Kier alpha value is -2.57. The van der Waals surface area contributed by atoms with Crippen molar-refractivity contribution in [2.45, 2.75) is 20.0 Å². The molecular formula is C16H21N5O2. The van der Waals surface area contributed by atoms with Gasteiger partial charge in [0.05, 0.1) is 11.8 Å². The number of pyridine rings is 1. The molecule has 0 atom stereocenters. The summed E-state index contributed by atoms with van der Waals surface area (Å²) in [6.45, 7) is 7.41. The van der Waals surface area contributed by atoms with Crippen LogP contribution in [0.25, 0.3) is 0 Å². The molecule has 0 spiro atoms. The third kappa shape index (κ3) is 3.80. The van der Waals surface area contributed by atoms with Crippen molar-refractivity contribution in [1.29, 1.82) is 0 Å². The second-order valence-corrected chi connectivity index (χ2v) is 5.77. The number of anilines is 2. The molecule has 2 aromatic heterocycles. The van der Waals surface area contributed by atoms with Gasteiger partial charge in [0.15, 0.2) is 0 Å². The Kier molecular flexibility index (Phi) is 4.45. The highest BCUT2D eigenvalue weighted by atomic mass is 16.5. The lowest BCUT2D eigenvalue weighted by Crippen LogP contribution is -2.47. The number of nitrogens with zero attached hydrogens (tertiary/aromatic N) is 4. The Bertz CT molecular complexity index is 687. The molecule has 0 aliphatic carbocycles. The zero-order valence-electron chi connectivity index (χ0n) is 13.4. The number of rotatable bonds is 4. The Labute approximate surface area is 134 Å². The average molecular weight is 315 g/mol. The highest BCUT2D eigenvalue weighted by molar-refractivity contribution is 5.48. The molecule has 1 N–H and O–H groups in total. The lowest BCUT2D eigenvalue weighted by Gasteiger charge is -2.36. The molecule has 2 aromatic rings. The minimum Gasteiger partial charge on any atom is -0.475 e. The van der Waals surface area contributed by atoms with Gasteiger partial charge >= 0.3 is 0 Å². The summed E-state index contributed by atoms with van der Waals surface area (Å²) in [5.41, 5.74) is 0.960. The fourth-order valence-corrected chi connectivity index (χ4v) is 2.60. The molecule has 7 heteroatoms. The van der Waals surface area contributed by atoms with E-state index < -0.39 is 0 Å². The Morgan fingerprint density at radius 2 is 1.87 bits per heavy atom. The topological polar surface area (TPSA) is 74.3 Å². The number of ether oxygens (including phenoxy) is 1. The number of hydrogen-bond donors (Lipinski definition) is 1. The van der Waals surface area contributed by atoms with Gasteiger partial charge in [-0.3, -0.25) is 4.79 Å². The molecule has 0 radical (unpaired) electrons. The monoisotopic (exact) mass is 315 g/mol. The largest absolute Gasteiger partial charge is 0.475 e. The molecule has 3 heterocycles. The van der Waals surface area contributed by atoms with Crippen LogP contribution in [-0.4, -0.2) is 47.2 Å². The molecule has 3 rings (SSSR count). The Balaban J connectivity index is 1.64. The van der Waals surface area contributed by atoms with Crippen molar-refractivity contribution in [2.24, 2.45) is 0 Å². The zero-order chi connectivity index (χ0) is 16.2. The van der Waals surface area contributed by atoms with Crippen LogP contribution in [0.3, 0.4) is 0 Å². The summed E-state index contributed by atoms with van der Waals surface area (Å²) in [6.07, 6.45) is 3.40. The van der Waals surface area contributed by atoms with E-state index in [0.29, 0.717) is 5.88 Å². The van der Waals surface area contributed by atoms with E-state index in [0.717, 1.165) is 37.7 Å². The summed E-state index contributed by atoms with van der Waals surface area (Å²) in [5, 5.41) is 0. The normalized spacial score (nSPS) is 15.1. The van der Waals surface area contributed by atoms with Gasteiger partial charge in [0.1, 0.15) is 12.1 Å². The maximum absolute atomic E-state index is 11.1. The van der Waals surface area contributed by atoms with Crippen LogP contribution in [0.2, 0.25) is 0 Å². The number of aromatic amines is 1. The molecule has 0 bridgehead atoms. The van der Waals surface area contributed by atoms with Crippen molar-refractivity contribution in [3.63, 3.8) is 0 Å². The minimum atomic E-state index is -0.0777. The number of aromatic nitrogens is 3. The minimum absolute atomic E-state index is 0.0777. The van der Waals surface area contributed by atoms with Crippen molar-refractivity contribution in [3.8, 4) is 5.88 Å². The molecule has 7 nitrogen and oxygen atoms in total. The van der Waals surface area contributed by atoms with Crippen LogP contribution >= 0.6 is 0 Å². The van der Waals surface area contributed by atoms with E-state index in [-0.39, 0.29) is 11.7 Å². The van der Waals surface area contributed by atoms with Gasteiger partial charge in [-0.1, -0.05) is 0 Å². The fraction of sp³-hybridized carbons (Fsp3) is 0.438. The van der Waals surface area contributed by atoms with E-state index in [1.54, 1.807) is 18.6 Å². The van der Waals surface area contributed by atoms with E-state index >= 15 is 0 Å². The van der Waals surface area contributed by atoms with Crippen LogP contribution in [-0.2, 0) is 0 Å². The van der Waals surface area contributed by atoms with E-state index in [4.69, 9.17) is 4.74 Å². The van der Waals surface area contributed by atoms with Gasteiger partial charge in [-0.25, -0.2) is 9.97 Å². The summed E-state index contributed by atoms with van der Waals surface area (Å²) < 4.78 is 5.63. The van der Waals surface area contributed by atoms with Crippen LogP contribution in [0, 0.1) is 0 Å². The Morgan fingerprint density at radius 1 is 1.13 bits per heavy atom. The van der Waals surface area contributed by atoms with Crippen LogP contribution in [0.5, 0.6) is 5.88 Å². The van der Waals surface area contributed by atoms with Gasteiger partial charge in [-0.2, -0.15) is 0 Å². The molecule has 0 aromatic carbocycles. The standard InChI is InChI=1S/C16H21N5O2/c1-12(2)23-16-9-14(18-11-19-16)21-7-5-20(6-8-21)13-3-4-15(22)17-10-13/h3-4,9-12H,5-8H2,1-2H3,(H,17,22). The maximum Gasteiger partial charge on any atom is 0.248 e. The van der Waals surface area contributed by atoms with Crippen LogP contribution in [0.15, 0.2) is 35.5 Å². The highest BCUT2D eigenvalue weighted by Gasteiger charge is 2.19. The zero-order valence-corrected chi connectivity index (χ0v) is 13.4. The van der Waals surface area contributed by atoms with Gasteiger partial charge in [0.25, 0.3) is 0 Å². The lowest BCUT2D eigenvalue weighted by atomic mass is 10.2. The maximum atomic E-state index is 11.1. The van der Waals surface area contributed by atoms with Gasteiger partial charge < -0.3 is 19.5 Å². The average Bonchev–Trinajstić information content (AvgIpc) is 2.55. The molecule has 0 unspecified atom stereocenters. The number of piperazine rings is 1. The Morgan fingerprint density at radius 3 is 2.52 bits per heavy atom. The second kappa shape index (κ2) is 6.68. The van der Waals surface area contributed by atoms with Crippen molar-refractivity contribution in [1.82, 2.24) is 15.0 Å². The van der Waals surface area contributed by atoms with Gasteiger partial charge in [-0.05, 0) is 19.9 Å². The van der Waals surface area contributed by atoms with Crippen LogP contribution in [0.4, 0.5) is 11.5 Å². The molecule has 0 saturated carbocycles. The van der Waals surface area contributed by atoms with Gasteiger partial charge in [-0.15, -0.1) is 0 Å². The second-order valence-electron chi connectivity index (χ2n) is 5.77. The molecule has 1 aliphatic heterocycles. The summed E-state index contributed by atoms with van der Waals surface area (Å²) in [7, 11) is 0. The fourth-order valence-electron chi connectivity index (χ4n) is 2.60. The molecular weight excluding hydrogens is 294 g/mol. The highest BCUT2D eigenvalue weighted by Crippen LogP contribution is 2.20. The van der Waals surface area contributed by atoms with Gasteiger partial charge in [0, 0.05) is 44.5 Å². The number of H-pyrrole nitrogens is 1. The van der Waals surface area contributed by atoms with Crippen molar-refractivity contribution in [2.75, 3.05) is 36.0 Å². The predicted octanol–water partition coefficient (Wildman–Crippen LogP) is 1.28. The van der Waals surface area contributed by atoms with E-state index in [1.807, 2.05) is 26.0 Å². The van der Waals surface area contributed by atoms with Crippen molar-refractivity contribution < 1.29 is 4.74 Å². The van der Waals surface area contributed by atoms with Crippen LogP contribution in [0.1, 0.15) is 13.8 Å². The number of hydrogen-bond acceptors (Lipinski definition) is 6. The molecule has 1 saturated heterocycles. The summed E-state index contributed by atoms with van der Waals surface area (Å²) >= 11 is 0. The van der Waals surface area contributed by atoms with Gasteiger partial charge in [0.2, 0.25) is 11.4 Å².